The normalized spacial score (nSPS) is 13.1. The summed E-state index contributed by atoms with van der Waals surface area (Å²) in [5.41, 5.74) is -3.84. The van der Waals surface area contributed by atoms with Crippen molar-refractivity contribution in [3.63, 3.8) is 0 Å². The van der Waals surface area contributed by atoms with Gasteiger partial charge in [-0.05, 0) is 29.8 Å². The van der Waals surface area contributed by atoms with Crippen LogP contribution in [0.1, 0.15) is 45.1 Å². The van der Waals surface area contributed by atoms with Crippen LogP contribution in [0.4, 0.5) is 26.3 Å². The molecule has 3 aromatic rings. The van der Waals surface area contributed by atoms with E-state index in [0.29, 0.717) is 12.1 Å². The van der Waals surface area contributed by atoms with Gasteiger partial charge in [-0.3, -0.25) is 14.6 Å². The van der Waals surface area contributed by atoms with Crippen molar-refractivity contribution in [3.05, 3.63) is 93.4 Å². The molecular formula is C20H13F6N3O2. The number of carbonyl (C=O) groups excluding carboxylic acids is 1. The number of carbonyl (C=O) groups is 1. The molecule has 5 nitrogen and oxygen atoms in total. The maximum absolute atomic E-state index is 13.5. The second kappa shape index (κ2) is 8.32. The number of H-pyrrole nitrogens is 1. The number of hydrogen-bond donors (Lipinski definition) is 1. The van der Waals surface area contributed by atoms with Gasteiger partial charge in [-0.15, -0.1) is 0 Å². The van der Waals surface area contributed by atoms with Gasteiger partial charge in [0.05, 0.1) is 23.1 Å². The zero-order valence-electron chi connectivity index (χ0n) is 15.5. The van der Waals surface area contributed by atoms with Gasteiger partial charge in [-0.1, -0.05) is 12.1 Å². The lowest BCUT2D eigenvalue weighted by Crippen LogP contribution is -2.22. The van der Waals surface area contributed by atoms with E-state index in [1.54, 1.807) is 0 Å². The number of ketones is 1. The van der Waals surface area contributed by atoms with E-state index in [1.165, 1.54) is 0 Å². The van der Waals surface area contributed by atoms with Crippen molar-refractivity contribution in [2.45, 2.75) is 24.7 Å². The molecule has 162 valence electrons. The van der Waals surface area contributed by atoms with E-state index in [9.17, 15) is 35.9 Å². The summed E-state index contributed by atoms with van der Waals surface area (Å²) >= 11 is 0. The van der Waals surface area contributed by atoms with Gasteiger partial charge in [0.2, 0.25) is 0 Å². The quantitative estimate of drug-likeness (QED) is 0.464. The van der Waals surface area contributed by atoms with Gasteiger partial charge in [0.25, 0.3) is 5.56 Å². The lowest BCUT2D eigenvalue weighted by atomic mass is 9.86. The molecule has 0 fully saturated rings. The van der Waals surface area contributed by atoms with Crippen LogP contribution >= 0.6 is 0 Å². The monoisotopic (exact) mass is 441 g/mol. The number of Topliss-reactive ketones (excluding diaryl/α,β-unsaturated/α-hetero) is 1. The number of aromatic nitrogens is 3. The van der Waals surface area contributed by atoms with Gasteiger partial charge in [0.15, 0.2) is 5.78 Å². The molecule has 11 heteroatoms. The Kier molecular flexibility index (Phi) is 5.96. The molecule has 1 N–H and O–H groups in total. The van der Waals surface area contributed by atoms with Crippen LogP contribution in [0, 0.1) is 0 Å². The number of nitrogens with zero attached hydrogens (tertiary/aromatic N) is 2. The van der Waals surface area contributed by atoms with Gasteiger partial charge in [-0.25, -0.2) is 4.98 Å². The maximum atomic E-state index is 13.5. The summed E-state index contributed by atoms with van der Waals surface area (Å²) in [5.74, 6) is -2.19. The third-order valence-electron chi connectivity index (χ3n) is 4.52. The molecule has 2 heterocycles. The van der Waals surface area contributed by atoms with Crippen LogP contribution < -0.4 is 5.56 Å². The van der Waals surface area contributed by atoms with Crippen LogP contribution in [0.2, 0.25) is 0 Å². The largest absolute Gasteiger partial charge is 0.418 e. The number of halogens is 6. The average Bonchev–Trinajstić information content (AvgIpc) is 2.71. The highest BCUT2D eigenvalue weighted by Gasteiger charge is 2.37. The Labute approximate surface area is 170 Å². The van der Waals surface area contributed by atoms with Crippen LogP contribution in [0.15, 0.2) is 59.9 Å². The zero-order chi connectivity index (χ0) is 22.8. The lowest BCUT2D eigenvalue weighted by molar-refractivity contribution is -0.139. The Hall–Kier alpha value is -3.50. The Balaban J connectivity index is 2.10. The zero-order valence-corrected chi connectivity index (χ0v) is 15.5. The summed E-state index contributed by atoms with van der Waals surface area (Å²) < 4.78 is 79.2. The van der Waals surface area contributed by atoms with Gasteiger partial charge >= 0.3 is 12.4 Å². The van der Waals surface area contributed by atoms with Crippen LogP contribution in [-0.2, 0) is 12.4 Å². The van der Waals surface area contributed by atoms with Crippen molar-refractivity contribution in [1.29, 1.82) is 0 Å². The Morgan fingerprint density at radius 3 is 2.26 bits per heavy atom. The molecule has 2 aromatic heterocycles. The Morgan fingerprint density at radius 1 is 1.00 bits per heavy atom. The highest BCUT2D eigenvalue weighted by atomic mass is 19.4. The molecule has 0 radical (unpaired) electrons. The van der Waals surface area contributed by atoms with Gasteiger partial charge in [0, 0.05) is 24.7 Å². The minimum absolute atomic E-state index is 0.00543. The van der Waals surface area contributed by atoms with Gasteiger partial charge in [-0.2, -0.15) is 26.3 Å². The topological polar surface area (TPSA) is 75.7 Å². The number of nitrogens with one attached hydrogen (secondary N) is 1. The van der Waals surface area contributed by atoms with Crippen molar-refractivity contribution in [2.24, 2.45) is 0 Å². The van der Waals surface area contributed by atoms with E-state index in [-0.39, 0.29) is 11.1 Å². The second-order valence-electron chi connectivity index (χ2n) is 6.53. The minimum Gasteiger partial charge on any atom is -0.313 e. The molecule has 0 aliphatic rings. The summed E-state index contributed by atoms with van der Waals surface area (Å²) in [5, 5.41) is 0. The van der Waals surface area contributed by atoms with Crippen molar-refractivity contribution < 1.29 is 31.1 Å². The molecule has 1 atom stereocenters. The summed E-state index contributed by atoms with van der Waals surface area (Å²) in [4.78, 5) is 34.1. The fraction of sp³-hybridized carbons (Fsp3) is 0.200. The van der Waals surface area contributed by atoms with E-state index in [0.717, 1.165) is 43.0 Å². The second-order valence-corrected chi connectivity index (χ2v) is 6.53. The van der Waals surface area contributed by atoms with Crippen molar-refractivity contribution >= 4 is 5.78 Å². The third kappa shape index (κ3) is 4.98. The van der Waals surface area contributed by atoms with Crippen molar-refractivity contribution in [2.75, 3.05) is 0 Å². The van der Waals surface area contributed by atoms with Crippen LogP contribution in [0.25, 0.3) is 0 Å². The van der Waals surface area contributed by atoms with E-state index in [1.807, 2.05) is 0 Å². The predicted molar refractivity (Wildman–Crippen MR) is 96.3 cm³/mol. The molecule has 0 amide bonds. The number of aromatic amines is 1. The van der Waals surface area contributed by atoms with Crippen LogP contribution in [0.5, 0.6) is 0 Å². The maximum Gasteiger partial charge on any atom is 0.418 e. The number of hydrogen-bond acceptors (Lipinski definition) is 4. The Morgan fingerprint density at radius 2 is 1.68 bits per heavy atom. The van der Waals surface area contributed by atoms with Crippen LogP contribution in [-0.4, -0.2) is 20.7 Å². The number of rotatable bonds is 5. The van der Waals surface area contributed by atoms with E-state index < -0.39 is 52.9 Å². The summed E-state index contributed by atoms with van der Waals surface area (Å²) in [6, 6.07) is 5.22. The molecule has 0 aliphatic heterocycles. The molecule has 0 unspecified atom stereocenters. The van der Waals surface area contributed by atoms with Gasteiger partial charge < -0.3 is 4.98 Å². The summed E-state index contributed by atoms with van der Waals surface area (Å²) in [6.45, 7) is 0. The highest BCUT2D eigenvalue weighted by Crippen LogP contribution is 2.39. The molecule has 0 aliphatic carbocycles. The number of alkyl halides is 6. The first-order valence-corrected chi connectivity index (χ1v) is 8.73. The third-order valence-corrected chi connectivity index (χ3v) is 4.52. The first kappa shape index (κ1) is 22.2. The minimum atomic E-state index is -4.82. The first-order valence-electron chi connectivity index (χ1n) is 8.73. The standard InChI is InChI=1S/C20H13F6N3O2/c21-19(22,23)12-5-3-11(4-6-12)13(8-16(30)14-9-27-10-29-18(14)31)17-15(20(24,25)26)2-1-7-28-17/h1-7,9-10,13H,8H2,(H,27,29,31)/t13-/m0/s1. The lowest BCUT2D eigenvalue weighted by Gasteiger charge is -2.21. The highest BCUT2D eigenvalue weighted by molar-refractivity contribution is 5.96. The molecule has 0 saturated heterocycles. The fourth-order valence-electron chi connectivity index (χ4n) is 3.05. The number of benzene rings is 1. The molecule has 31 heavy (non-hydrogen) atoms. The molecule has 3 rings (SSSR count). The van der Waals surface area contributed by atoms with E-state index in [2.05, 4.69) is 15.0 Å². The Bertz CT molecular complexity index is 1140. The average molecular weight is 441 g/mol. The van der Waals surface area contributed by atoms with E-state index in [4.69, 9.17) is 0 Å². The SMILES string of the molecule is O=C(C[C@@H](c1ccc(C(F)(F)F)cc1)c1ncccc1C(F)(F)F)c1cnc[nH]c1=O. The first-order chi connectivity index (χ1) is 14.5. The molecule has 0 spiro atoms. The summed E-state index contributed by atoms with van der Waals surface area (Å²) in [7, 11) is 0. The molecule has 1 aromatic carbocycles. The predicted octanol–water partition coefficient (Wildman–Crippen LogP) is 4.61. The fourth-order valence-corrected chi connectivity index (χ4v) is 3.05. The van der Waals surface area contributed by atoms with E-state index >= 15 is 0 Å². The van der Waals surface area contributed by atoms with Crippen LogP contribution in [0.3, 0.4) is 0 Å². The van der Waals surface area contributed by atoms with Gasteiger partial charge in [0.1, 0.15) is 5.56 Å². The number of pyridine rings is 1. The molecule has 0 saturated carbocycles. The summed E-state index contributed by atoms with van der Waals surface area (Å²) in [6.07, 6.45) is -7.01. The molecular weight excluding hydrogens is 428 g/mol. The van der Waals surface area contributed by atoms with Crippen molar-refractivity contribution in [1.82, 2.24) is 15.0 Å². The smallest absolute Gasteiger partial charge is 0.313 e. The van der Waals surface area contributed by atoms with Crippen molar-refractivity contribution in [3.8, 4) is 0 Å². The molecule has 0 bridgehead atoms.